The van der Waals surface area contributed by atoms with Gasteiger partial charge in [0.1, 0.15) is 0 Å². The highest BCUT2D eigenvalue weighted by molar-refractivity contribution is 5.81. The molecular formula is C10H20N2O. The van der Waals surface area contributed by atoms with Crippen LogP contribution in [0.4, 0.5) is 0 Å². The summed E-state index contributed by atoms with van der Waals surface area (Å²) in [5, 5.41) is 6.12. The van der Waals surface area contributed by atoms with Crippen molar-refractivity contribution < 1.29 is 4.79 Å². The molecule has 0 radical (unpaired) electrons. The summed E-state index contributed by atoms with van der Waals surface area (Å²) in [6.07, 6.45) is 2.63. The van der Waals surface area contributed by atoms with Crippen LogP contribution in [0.1, 0.15) is 33.6 Å². The van der Waals surface area contributed by atoms with Crippen LogP contribution in [0.5, 0.6) is 0 Å². The Morgan fingerprint density at radius 3 is 2.54 bits per heavy atom. The molecule has 2 atom stereocenters. The molecule has 3 heteroatoms. The highest BCUT2D eigenvalue weighted by Gasteiger charge is 2.29. The molecule has 0 saturated heterocycles. The van der Waals surface area contributed by atoms with Crippen molar-refractivity contribution in [2.45, 2.75) is 45.7 Å². The van der Waals surface area contributed by atoms with E-state index in [-0.39, 0.29) is 11.9 Å². The number of likely N-dealkylation sites (N-methyl/N-ethyl adjacent to an activating group) is 1. The van der Waals surface area contributed by atoms with Crippen molar-refractivity contribution in [1.29, 1.82) is 0 Å². The maximum atomic E-state index is 11.3. The minimum atomic E-state index is -0.0597. The summed E-state index contributed by atoms with van der Waals surface area (Å²) in [7, 11) is 0. The van der Waals surface area contributed by atoms with Gasteiger partial charge < -0.3 is 10.6 Å². The van der Waals surface area contributed by atoms with Gasteiger partial charge in [-0.25, -0.2) is 0 Å². The summed E-state index contributed by atoms with van der Waals surface area (Å²) in [6.45, 7) is 6.73. The average Bonchev–Trinajstić information content (AvgIpc) is 2.86. The maximum Gasteiger partial charge on any atom is 0.236 e. The van der Waals surface area contributed by atoms with E-state index >= 15 is 0 Å². The first-order chi connectivity index (χ1) is 6.15. The number of hydrogen-bond donors (Lipinski definition) is 2. The molecule has 0 aromatic rings. The quantitative estimate of drug-likeness (QED) is 0.666. The first kappa shape index (κ1) is 10.5. The topological polar surface area (TPSA) is 41.1 Å². The van der Waals surface area contributed by atoms with Crippen LogP contribution in [0.25, 0.3) is 0 Å². The highest BCUT2D eigenvalue weighted by atomic mass is 16.2. The van der Waals surface area contributed by atoms with Crippen LogP contribution in [0, 0.1) is 5.92 Å². The van der Waals surface area contributed by atoms with Gasteiger partial charge in [0.2, 0.25) is 5.91 Å². The van der Waals surface area contributed by atoms with Crippen molar-refractivity contribution in [3.63, 3.8) is 0 Å². The Morgan fingerprint density at radius 1 is 1.46 bits per heavy atom. The molecule has 1 aliphatic rings. The lowest BCUT2D eigenvalue weighted by atomic mass is 10.2. The predicted molar refractivity (Wildman–Crippen MR) is 53.5 cm³/mol. The zero-order chi connectivity index (χ0) is 9.84. The van der Waals surface area contributed by atoms with Gasteiger partial charge in [0.05, 0.1) is 6.04 Å². The van der Waals surface area contributed by atoms with Gasteiger partial charge >= 0.3 is 0 Å². The molecule has 0 heterocycles. The fourth-order valence-corrected chi connectivity index (χ4v) is 1.53. The number of hydrogen-bond acceptors (Lipinski definition) is 2. The molecule has 1 rings (SSSR count). The van der Waals surface area contributed by atoms with E-state index in [1.165, 1.54) is 12.8 Å². The molecule has 13 heavy (non-hydrogen) atoms. The summed E-state index contributed by atoms with van der Waals surface area (Å²) in [5.41, 5.74) is 0. The molecular weight excluding hydrogens is 164 g/mol. The summed E-state index contributed by atoms with van der Waals surface area (Å²) in [4.78, 5) is 11.3. The fourth-order valence-electron chi connectivity index (χ4n) is 1.53. The molecule has 2 N–H and O–H groups in total. The van der Waals surface area contributed by atoms with Crippen molar-refractivity contribution in [3.8, 4) is 0 Å². The predicted octanol–water partition coefficient (Wildman–Crippen LogP) is 0.899. The molecule has 0 aromatic carbocycles. The van der Waals surface area contributed by atoms with Gasteiger partial charge in [0.15, 0.2) is 0 Å². The lowest BCUT2D eigenvalue weighted by Gasteiger charge is -2.18. The monoisotopic (exact) mass is 184 g/mol. The van der Waals surface area contributed by atoms with Crippen LogP contribution in [-0.2, 0) is 4.79 Å². The molecule has 1 saturated carbocycles. The number of rotatable bonds is 5. The van der Waals surface area contributed by atoms with Crippen LogP contribution in [0.15, 0.2) is 0 Å². The van der Waals surface area contributed by atoms with Crippen LogP contribution in [0.3, 0.4) is 0 Å². The van der Waals surface area contributed by atoms with Crippen molar-refractivity contribution in [3.05, 3.63) is 0 Å². The standard InChI is InChI=1S/C10H20N2O/c1-4-11-10(13)8(3)12-7(2)9-5-6-9/h7-9,12H,4-6H2,1-3H3,(H,11,13). The van der Waals surface area contributed by atoms with Gasteiger partial charge in [0.25, 0.3) is 0 Å². The van der Waals surface area contributed by atoms with E-state index in [4.69, 9.17) is 0 Å². The van der Waals surface area contributed by atoms with E-state index in [9.17, 15) is 4.79 Å². The number of amides is 1. The van der Waals surface area contributed by atoms with E-state index in [0.29, 0.717) is 12.6 Å². The molecule has 76 valence electrons. The minimum absolute atomic E-state index is 0.0597. The first-order valence-electron chi connectivity index (χ1n) is 5.19. The van der Waals surface area contributed by atoms with Crippen molar-refractivity contribution in [2.24, 2.45) is 5.92 Å². The lowest BCUT2D eigenvalue weighted by molar-refractivity contribution is -0.122. The summed E-state index contributed by atoms with van der Waals surface area (Å²) < 4.78 is 0. The smallest absolute Gasteiger partial charge is 0.236 e. The molecule has 1 fully saturated rings. The van der Waals surface area contributed by atoms with E-state index in [1.807, 2.05) is 13.8 Å². The van der Waals surface area contributed by atoms with Gasteiger partial charge in [-0.2, -0.15) is 0 Å². The van der Waals surface area contributed by atoms with E-state index in [1.54, 1.807) is 0 Å². The zero-order valence-corrected chi connectivity index (χ0v) is 8.76. The van der Waals surface area contributed by atoms with Gasteiger partial charge in [-0.1, -0.05) is 0 Å². The Bertz CT molecular complexity index is 178. The normalized spacial score (nSPS) is 20.8. The summed E-state index contributed by atoms with van der Waals surface area (Å²) in [5.74, 6) is 0.909. The average molecular weight is 184 g/mol. The molecule has 2 unspecified atom stereocenters. The Morgan fingerprint density at radius 2 is 2.08 bits per heavy atom. The SMILES string of the molecule is CCNC(=O)C(C)NC(C)C1CC1. The van der Waals surface area contributed by atoms with E-state index in [2.05, 4.69) is 17.6 Å². The van der Waals surface area contributed by atoms with E-state index < -0.39 is 0 Å². The Labute approximate surface area is 80.3 Å². The molecule has 3 nitrogen and oxygen atoms in total. The molecule has 0 spiro atoms. The van der Waals surface area contributed by atoms with Gasteiger partial charge in [0, 0.05) is 12.6 Å². The van der Waals surface area contributed by atoms with E-state index in [0.717, 1.165) is 5.92 Å². The van der Waals surface area contributed by atoms with Crippen molar-refractivity contribution in [1.82, 2.24) is 10.6 Å². The molecule has 0 bridgehead atoms. The molecule has 1 aliphatic carbocycles. The molecule has 0 aliphatic heterocycles. The van der Waals surface area contributed by atoms with Gasteiger partial charge in [-0.05, 0) is 39.5 Å². The second-order valence-corrected chi connectivity index (χ2v) is 3.91. The van der Waals surface area contributed by atoms with Crippen LogP contribution >= 0.6 is 0 Å². The minimum Gasteiger partial charge on any atom is -0.355 e. The Hall–Kier alpha value is -0.570. The number of carbonyl (C=O) groups excluding carboxylic acids is 1. The van der Waals surface area contributed by atoms with Crippen LogP contribution in [0.2, 0.25) is 0 Å². The van der Waals surface area contributed by atoms with Gasteiger partial charge in [-0.15, -0.1) is 0 Å². The Balaban J connectivity index is 2.21. The number of nitrogens with one attached hydrogen (secondary N) is 2. The second-order valence-electron chi connectivity index (χ2n) is 3.91. The van der Waals surface area contributed by atoms with Crippen molar-refractivity contribution in [2.75, 3.05) is 6.54 Å². The first-order valence-corrected chi connectivity index (χ1v) is 5.19. The van der Waals surface area contributed by atoms with Gasteiger partial charge in [-0.3, -0.25) is 4.79 Å². The third-order valence-electron chi connectivity index (χ3n) is 2.59. The third kappa shape index (κ3) is 3.35. The van der Waals surface area contributed by atoms with Crippen molar-refractivity contribution >= 4 is 5.91 Å². The lowest BCUT2D eigenvalue weighted by Crippen LogP contribution is -2.46. The summed E-state index contributed by atoms with van der Waals surface area (Å²) >= 11 is 0. The van der Waals surface area contributed by atoms with Crippen LogP contribution in [-0.4, -0.2) is 24.5 Å². The largest absolute Gasteiger partial charge is 0.355 e. The molecule has 0 aromatic heterocycles. The maximum absolute atomic E-state index is 11.3. The second kappa shape index (κ2) is 4.61. The van der Waals surface area contributed by atoms with Crippen LogP contribution < -0.4 is 10.6 Å². The highest BCUT2D eigenvalue weighted by Crippen LogP contribution is 2.32. The zero-order valence-electron chi connectivity index (χ0n) is 8.76. The third-order valence-corrected chi connectivity index (χ3v) is 2.59. The summed E-state index contributed by atoms with van der Waals surface area (Å²) in [6, 6.07) is 0.424. The fraction of sp³-hybridized carbons (Fsp3) is 0.900. The molecule has 1 amide bonds. The number of carbonyl (C=O) groups is 1. The Kier molecular flexibility index (Phi) is 3.72.